The van der Waals surface area contributed by atoms with Crippen LogP contribution in [0.5, 0.6) is 0 Å². The van der Waals surface area contributed by atoms with Crippen molar-refractivity contribution >= 4 is 39.2 Å². The van der Waals surface area contributed by atoms with Crippen LogP contribution in [0, 0.1) is 0 Å². The number of halogens is 1. The molecule has 1 saturated heterocycles. The van der Waals surface area contributed by atoms with Gasteiger partial charge in [0.25, 0.3) is 15.9 Å². The lowest BCUT2D eigenvalue weighted by Gasteiger charge is -2.29. The third-order valence-corrected chi connectivity index (χ3v) is 6.87. The standard InChI is InChI=1S/C21H23ClN2O6S/c1-15(20(25)24-9-11-29-12-10-24)30-21(26)16-5-3-8-19(13-16)31(27,28)23(2)18-7-4-6-17(22)14-18/h3-8,13-15H,9-12H2,1-2H3/t15-/m1/s1. The first kappa shape index (κ1) is 23.1. The van der Waals surface area contributed by atoms with E-state index in [-0.39, 0.29) is 16.4 Å². The summed E-state index contributed by atoms with van der Waals surface area (Å²) in [7, 11) is -2.55. The minimum Gasteiger partial charge on any atom is -0.449 e. The van der Waals surface area contributed by atoms with Crippen molar-refractivity contribution in [2.24, 2.45) is 0 Å². The second-order valence-corrected chi connectivity index (χ2v) is 9.37. The molecule has 0 radical (unpaired) electrons. The van der Waals surface area contributed by atoms with Crippen LogP contribution in [-0.4, -0.2) is 64.6 Å². The molecule has 1 heterocycles. The molecule has 0 aromatic heterocycles. The molecule has 1 fully saturated rings. The number of esters is 1. The Morgan fingerprint density at radius 1 is 1.13 bits per heavy atom. The summed E-state index contributed by atoms with van der Waals surface area (Å²) in [4.78, 5) is 26.5. The van der Waals surface area contributed by atoms with Crippen LogP contribution in [0.25, 0.3) is 0 Å². The molecule has 0 unspecified atom stereocenters. The molecule has 3 rings (SSSR count). The first-order valence-corrected chi connectivity index (χ1v) is 11.4. The van der Waals surface area contributed by atoms with Gasteiger partial charge in [-0.1, -0.05) is 23.7 Å². The Morgan fingerprint density at radius 3 is 2.48 bits per heavy atom. The average molecular weight is 467 g/mol. The molecule has 166 valence electrons. The van der Waals surface area contributed by atoms with Gasteiger partial charge in [0.05, 0.1) is 29.4 Å². The third-order valence-electron chi connectivity index (χ3n) is 4.85. The number of carbonyl (C=O) groups excluding carboxylic acids is 2. The first-order chi connectivity index (χ1) is 14.7. The van der Waals surface area contributed by atoms with E-state index in [0.29, 0.717) is 37.0 Å². The van der Waals surface area contributed by atoms with Gasteiger partial charge in [-0.05, 0) is 43.3 Å². The van der Waals surface area contributed by atoms with Crippen LogP contribution in [0.4, 0.5) is 5.69 Å². The van der Waals surface area contributed by atoms with E-state index in [2.05, 4.69) is 0 Å². The van der Waals surface area contributed by atoms with Crippen LogP contribution in [0.2, 0.25) is 5.02 Å². The minimum atomic E-state index is -3.95. The van der Waals surface area contributed by atoms with Crippen LogP contribution in [0.15, 0.2) is 53.4 Å². The maximum absolute atomic E-state index is 13.0. The van der Waals surface area contributed by atoms with Gasteiger partial charge in [0, 0.05) is 25.2 Å². The van der Waals surface area contributed by atoms with Crippen molar-refractivity contribution in [3.05, 3.63) is 59.1 Å². The van der Waals surface area contributed by atoms with Crippen molar-refractivity contribution in [1.82, 2.24) is 4.90 Å². The number of ether oxygens (including phenoxy) is 2. The maximum Gasteiger partial charge on any atom is 0.338 e. The molecule has 0 aliphatic carbocycles. The summed E-state index contributed by atoms with van der Waals surface area (Å²) in [5, 5.41) is 0.399. The minimum absolute atomic E-state index is 0.0298. The number of hydrogen-bond donors (Lipinski definition) is 0. The van der Waals surface area contributed by atoms with Gasteiger partial charge in [-0.2, -0.15) is 0 Å². The average Bonchev–Trinajstić information content (AvgIpc) is 2.78. The fourth-order valence-electron chi connectivity index (χ4n) is 3.07. The lowest BCUT2D eigenvalue weighted by atomic mass is 10.2. The normalized spacial score (nSPS) is 15.3. The smallest absolute Gasteiger partial charge is 0.338 e. The number of carbonyl (C=O) groups is 2. The van der Waals surface area contributed by atoms with E-state index >= 15 is 0 Å². The highest BCUT2D eigenvalue weighted by Gasteiger charge is 2.27. The lowest BCUT2D eigenvalue weighted by molar-refractivity contribution is -0.143. The molecular formula is C21H23ClN2O6S. The second kappa shape index (κ2) is 9.67. The van der Waals surface area contributed by atoms with E-state index in [0.717, 1.165) is 4.31 Å². The van der Waals surface area contributed by atoms with Gasteiger partial charge in [-0.3, -0.25) is 9.10 Å². The molecule has 1 aliphatic rings. The molecule has 0 bridgehead atoms. The van der Waals surface area contributed by atoms with Crippen molar-refractivity contribution in [2.75, 3.05) is 37.7 Å². The number of anilines is 1. The number of hydrogen-bond acceptors (Lipinski definition) is 6. The molecule has 0 spiro atoms. The highest BCUT2D eigenvalue weighted by Crippen LogP contribution is 2.25. The SMILES string of the molecule is C[C@@H](OC(=O)c1cccc(S(=O)(=O)N(C)c2cccc(Cl)c2)c1)C(=O)N1CCOCC1. The predicted molar refractivity (Wildman–Crippen MR) is 116 cm³/mol. The lowest BCUT2D eigenvalue weighted by Crippen LogP contribution is -2.46. The largest absolute Gasteiger partial charge is 0.449 e. The van der Waals surface area contributed by atoms with E-state index in [1.807, 2.05) is 0 Å². The quantitative estimate of drug-likeness (QED) is 0.607. The number of amides is 1. The molecule has 1 amide bonds. The maximum atomic E-state index is 13.0. The van der Waals surface area contributed by atoms with Crippen LogP contribution < -0.4 is 4.31 Å². The Bertz CT molecular complexity index is 1070. The topological polar surface area (TPSA) is 93.2 Å². The van der Waals surface area contributed by atoms with Gasteiger partial charge >= 0.3 is 5.97 Å². The Hall–Kier alpha value is -2.62. The zero-order chi connectivity index (χ0) is 22.6. The van der Waals surface area contributed by atoms with Gasteiger partial charge in [0.15, 0.2) is 6.10 Å². The highest BCUT2D eigenvalue weighted by atomic mass is 35.5. The van der Waals surface area contributed by atoms with Crippen LogP contribution >= 0.6 is 11.6 Å². The molecule has 0 N–H and O–H groups in total. The molecule has 8 nitrogen and oxygen atoms in total. The first-order valence-electron chi connectivity index (χ1n) is 9.62. The summed E-state index contributed by atoms with van der Waals surface area (Å²) in [5.74, 6) is -1.10. The Labute approximate surface area is 186 Å². The highest BCUT2D eigenvalue weighted by molar-refractivity contribution is 7.92. The molecular weight excluding hydrogens is 444 g/mol. The van der Waals surface area contributed by atoms with Crippen LogP contribution in [0.1, 0.15) is 17.3 Å². The van der Waals surface area contributed by atoms with Gasteiger partial charge in [-0.25, -0.2) is 13.2 Å². The summed E-state index contributed by atoms with van der Waals surface area (Å²) in [6, 6.07) is 11.9. The fraction of sp³-hybridized carbons (Fsp3) is 0.333. The summed E-state index contributed by atoms with van der Waals surface area (Å²) < 4.78 is 37.6. The van der Waals surface area contributed by atoms with E-state index in [9.17, 15) is 18.0 Å². The summed E-state index contributed by atoms with van der Waals surface area (Å²) in [6.07, 6.45) is -1.00. The number of sulfonamides is 1. The number of nitrogens with zero attached hydrogens (tertiary/aromatic N) is 2. The monoisotopic (exact) mass is 466 g/mol. The zero-order valence-corrected chi connectivity index (χ0v) is 18.7. The van der Waals surface area contributed by atoms with E-state index in [1.165, 1.54) is 44.3 Å². The molecule has 31 heavy (non-hydrogen) atoms. The molecule has 1 aliphatic heterocycles. The summed E-state index contributed by atoms with van der Waals surface area (Å²) >= 11 is 5.96. The third kappa shape index (κ3) is 5.36. The van der Waals surface area contributed by atoms with E-state index in [1.54, 1.807) is 23.1 Å². The second-order valence-electron chi connectivity index (χ2n) is 6.97. The molecule has 10 heteroatoms. The summed E-state index contributed by atoms with van der Waals surface area (Å²) in [5.41, 5.74) is 0.410. The van der Waals surface area contributed by atoms with E-state index < -0.39 is 22.1 Å². The van der Waals surface area contributed by atoms with Crippen molar-refractivity contribution in [2.45, 2.75) is 17.9 Å². The van der Waals surface area contributed by atoms with Crippen molar-refractivity contribution in [1.29, 1.82) is 0 Å². The van der Waals surface area contributed by atoms with Gasteiger partial charge in [-0.15, -0.1) is 0 Å². The number of rotatable bonds is 6. The Kier molecular flexibility index (Phi) is 7.19. The molecule has 0 saturated carbocycles. The van der Waals surface area contributed by atoms with Crippen molar-refractivity contribution in [3.63, 3.8) is 0 Å². The number of morpholine rings is 1. The van der Waals surface area contributed by atoms with Gasteiger partial charge in [0.2, 0.25) is 0 Å². The Morgan fingerprint density at radius 2 is 1.81 bits per heavy atom. The van der Waals surface area contributed by atoms with Crippen molar-refractivity contribution in [3.8, 4) is 0 Å². The van der Waals surface area contributed by atoms with E-state index in [4.69, 9.17) is 21.1 Å². The van der Waals surface area contributed by atoms with Crippen LogP contribution in [-0.2, 0) is 24.3 Å². The van der Waals surface area contributed by atoms with Crippen LogP contribution in [0.3, 0.4) is 0 Å². The van der Waals surface area contributed by atoms with Gasteiger partial charge in [0.1, 0.15) is 0 Å². The summed E-state index contributed by atoms with van der Waals surface area (Å²) in [6.45, 7) is 3.23. The molecule has 1 atom stereocenters. The Balaban J connectivity index is 1.75. The molecule has 2 aromatic rings. The van der Waals surface area contributed by atoms with Crippen molar-refractivity contribution < 1.29 is 27.5 Å². The molecule has 2 aromatic carbocycles. The number of benzene rings is 2. The van der Waals surface area contributed by atoms with Gasteiger partial charge < -0.3 is 14.4 Å². The predicted octanol–water partition coefficient (Wildman–Crippen LogP) is 2.57. The zero-order valence-electron chi connectivity index (χ0n) is 17.2. The fourth-order valence-corrected chi connectivity index (χ4v) is 4.49.